The molecule has 1 aliphatic heterocycles. The van der Waals surface area contributed by atoms with E-state index in [9.17, 15) is 0 Å². The summed E-state index contributed by atoms with van der Waals surface area (Å²) >= 11 is 5.89. The van der Waals surface area contributed by atoms with Crippen molar-refractivity contribution < 1.29 is 4.74 Å². The highest BCUT2D eigenvalue weighted by Gasteiger charge is 2.12. The van der Waals surface area contributed by atoms with Crippen LogP contribution < -0.4 is 10.2 Å². The lowest BCUT2D eigenvalue weighted by atomic mass is 10.1. The van der Waals surface area contributed by atoms with E-state index in [0.717, 1.165) is 55.9 Å². The Kier molecular flexibility index (Phi) is 5.08. The van der Waals surface area contributed by atoms with Crippen molar-refractivity contribution in [1.82, 2.24) is 9.97 Å². The molecule has 1 aromatic carbocycles. The number of morpholine rings is 1. The molecule has 0 amide bonds. The van der Waals surface area contributed by atoms with E-state index < -0.39 is 0 Å². The topological polar surface area (TPSA) is 50.3 Å². The van der Waals surface area contributed by atoms with Gasteiger partial charge in [0.1, 0.15) is 18.0 Å². The highest BCUT2D eigenvalue weighted by atomic mass is 35.5. The first-order valence-electron chi connectivity index (χ1n) is 7.44. The van der Waals surface area contributed by atoms with Crippen LogP contribution >= 0.6 is 11.6 Å². The zero-order valence-corrected chi connectivity index (χ0v) is 13.1. The summed E-state index contributed by atoms with van der Waals surface area (Å²) in [5.74, 6) is 1.80. The van der Waals surface area contributed by atoms with Crippen LogP contribution in [-0.4, -0.2) is 42.8 Å². The Morgan fingerprint density at radius 3 is 2.68 bits per heavy atom. The maximum absolute atomic E-state index is 5.89. The van der Waals surface area contributed by atoms with Crippen molar-refractivity contribution in [3.63, 3.8) is 0 Å². The molecule has 0 unspecified atom stereocenters. The smallest absolute Gasteiger partial charge is 0.134 e. The number of hydrogen-bond acceptors (Lipinski definition) is 5. The first-order chi connectivity index (χ1) is 10.8. The van der Waals surface area contributed by atoms with E-state index in [1.165, 1.54) is 5.56 Å². The van der Waals surface area contributed by atoms with Crippen LogP contribution in [0, 0.1) is 0 Å². The van der Waals surface area contributed by atoms with Crippen LogP contribution in [0.5, 0.6) is 0 Å². The predicted molar refractivity (Wildman–Crippen MR) is 88.7 cm³/mol. The fourth-order valence-corrected chi connectivity index (χ4v) is 2.52. The molecule has 0 saturated carbocycles. The average molecular weight is 319 g/mol. The van der Waals surface area contributed by atoms with Crippen LogP contribution in [0.2, 0.25) is 5.02 Å². The summed E-state index contributed by atoms with van der Waals surface area (Å²) in [6.07, 6.45) is 2.53. The molecule has 1 aromatic heterocycles. The molecule has 1 fully saturated rings. The Morgan fingerprint density at radius 1 is 1.14 bits per heavy atom. The second-order valence-corrected chi connectivity index (χ2v) is 5.60. The molecule has 0 spiro atoms. The molecule has 1 saturated heterocycles. The molecule has 1 aliphatic rings. The van der Waals surface area contributed by atoms with Crippen molar-refractivity contribution in [3.05, 3.63) is 47.2 Å². The highest BCUT2D eigenvalue weighted by molar-refractivity contribution is 6.30. The van der Waals surface area contributed by atoms with Crippen molar-refractivity contribution in [3.8, 4) is 0 Å². The first kappa shape index (κ1) is 15.1. The van der Waals surface area contributed by atoms with Crippen LogP contribution in [0.4, 0.5) is 11.6 Å². The number of nitrogens with one attached hydrogen (secondary N) is 1. The Bertz CT molecular complexity index is 599. The van der Waals surface area contributed by atoms with Crippen molar-refractivity contribution in [2.24, 2.45) is 0 Å². The lowest BCUT2D eigenvalue weighted by Gasteiger charge is -2.27. The van der Waals surface area contributed by atoms with E-state index in [4.69, 9.17) is 16.3 Å². The van der Waals surface area contributed by atoms with Crippen LogP contribution in [-0.2, 0) is 11.2 Å². The molecule has 0 atom stereocenters. The normalized spacial score (nSPS) is 14.9. The number of halogens is 1. The van der Waals surface area contributed by atoms with Gasteiger partial charge in [0.25, 0.3) is 0 Å². The van der Waals surface area contributed by atoms with Gasteiger partial charge in [-0.1, -0.05) is 23.7 Å². The van der Waals surface area contributed by atoms with Crippen LogP contribution in [0.3, 0.4) is 0 Å². The lowest BCUT2D eigenvalue weighted by molar-refractivity contribution is 0.122. The second-order valence-electron chi connectivity index (χ2n) is 5.16. The van der Waals surface area contributed by atoms with Gasteiger partial charge >= 0.3 is 0 Å². The van der Waals surface area contributed by atoms with Gasteiger partial charge in [0.2, 0.25) is 0 Å². The zero-order valence-electron chi connectivity index (χ0n) is 12.3. The third-order valence-corrected chi connectivity index (χ3v) is 3.87. The maximum Gasteiger partial charge on any atom is 0.134 e. The van der Waals surface area contributed by atoms with E-state index in [0.29, 0.717) is 0 Å². The first-order valence-corrected chi connectivity index (χ1v) is 7.82. The van der Waals surface area contributed by atoms with Crippen molar-refractivity contribution >= 4 is 23.2 Å². The van der Waals surface area contributed by atoms with Gasteiger partial charge in [-0.3, -0.25) is 0 Å². The van der Waals surface area contributed by atoms with Gasteiger partial charge in [-0.25, -0.2) is 9.97 Å². The third-order valence-electron chi connectivity index (χ3n) is 3.62. The molecule has 0 radical (unpaired) electrons. The van der Waals surface area contributed by atoms with E-state index >= 15 is 0 Å². The van der Waals surface area contributed by atoms with E-state index in [1.807, 2.05) is 30.3 Å². The second kappa shape index (κ2) is 7.42. The van der Waals surface area contributed by atoms with Crippen molar-refractivity contribution in [2.45, 2.75) is 6.42 Å². The van der Waals surface area contributed by atoms with Gasteiger partial charge in [-0.15, -0.1) is 0 Å². The van der Waals surface area contributed by atoms with Gasteiger partial charge in [0, 0.05) is 30.7 Å². The summed E-state index contributed by atoms with van der Waals surface area (Å²) in [6, 6.07) is 9.91. The Balaban J connectivity index is 1.55. The van der Waals surface area contributed by atoms with Crippen LogP contribution in [0.1, 0.15) is 5.56 Å². The quantitative estimate of drug-likeness (QED) is 0.918. The number of benzene rings is 1. The van der Waals surface area contributed by atoms with Crippen LogP contribution in [0.25, 0.3) is 0 Å². The largest absolute Gasteiger partial charge is 0.378 e. The fraction of sp³-hybridized carbons (Fsp3) is 0.375. The summed E-state index contributed by atoms with van der Waals surface area (Å²) in [6.45, 7) is 4.08. The third kappa shape index (κ3) is 4.08. The predicted octanol–water partition coefficient (Wildman–Crippen LogP) is 2.62. The van der Waals surface area contributed by atoms with Crippen molar-refractivity contribution in [1.29, 1.82) is 0 Å². The minimum absolute atomic E-state index is 0.753. The molecule has 0 aliphatic carbocycles. The molecule has 3 rings (SSSR count). The van der Waals surface area contributed by atoms with Gasteiger partial charge in [0.05, 0.1) is 13.2 Å². The molecule has 2 aromatic rings. The fourth-order valence-electron chi connectivity index (χ4n) is 2.40. The molecular formula is C16H19ClN4O. The van der Waals surface area contributed by atoms with E-state index in [-0.39, 0.29) is 0 Å². The molecule has 5 nitrogen and oxygen atoms in total. The molecule has 1 N–H and O–H groups in total. The Morgan fingerprint density at radius 2 is 1.91 bits per heavy atom. The molecule has 116 valence electrons. The Hall–Kier alpha value is -1.85. The van der Waals surface area contributed by atoms with E-state index in [1.54, 1.807) is 6.33 Å². The number of hydrogen-bond donors (Lipinski definition) is 1. The highest BCUT2D eigenvalue weighted by Crippen LogP contribution is 2.15. The zero-order chi connectivity index (χ0) is 15.2. The standard InChI is InChI=1S/C16H19ClN4O/c17-14-3-1-13(2-4-14)5-6-18-15-11-16(20-12-19-15)21-7-9-22-10-8-21/h1-4,11-12H,5-10H2,(H,18,19,20). The maximum atomic E-state index is 5.89. The van der Waals surface area contributed by atoms with Crippen molar-refractivity contribution in [2.75, 3.05) is 43.1 Å². The van der Waals surface area contributed by atoms with Crippen LogP contribution in [0.15, 0.2) is 36.7 Å². The minimum Gasteiger partial charge on any atom is -0.378 e. The number of nitrogens with zero attached hydrogens (tertiary/aromatic N) is 3. The monoisotopic (exact) mass is 318 g/mol. The van der Waals surface area contributed by atoms with E-state index in [2.05, 4.69) is 20.2 Å². The summed E-state index contributed by atoms with van der Waals surface area (Å²) < 4.78 is 5.36. The number of rotatable bonds is 5. The lowest BCUT2D eigenvalue weighted by Crippen LogP contribution is -2.36. The minimum atomic E-state index is 0.753. The number of ether oxygens (including phenoxy) is 1. The summed E-state index contributed by atoms with van der Waals surface area (Å²) in [4.78, 5) is 10.8. The van der Waals surface area contributed by atoms with Gasteiger partial charge < -0.3 is 15.0 Å². The van der Waals surface area contributed by atoms with Gasteiger partial charge in [-0.05, 0) is 24.1 Å². The molecule has 22 heavy (non-hydrogen) atoms. The van der Waals surface area contributed by atoms with Gasteiger partial charge in [0.15, 0.2) is 0 Å². The summed E-state index contributed by atoms with van der Waals surface area (Å²) in [5, 5.41) is 4.11. The molecule has 0 bridgehead atoms. The Labute approximate surface area is 135 Å². The molecule has 6 heteroatoms. The summed E-state index contributed by atoms with van der Waals surface area (Å²) in [5.41, 5.74) is 1.25. The SMILES string of the molecule is Clc1ccc(CCNc2cc(N3CCOCC3)ncn2)cc1. The number of anilines is 2. The molecular weight excluding hydrogens is 300 g/mol. The van der Waals surface area contributed by atoms with Gasteiger partial charge in [-0.2, -0.15) is 0 Å². The number of aromatic nitrogens is 2. The molecule has 2 heterocycles. The average Bonchev–Trinajstić information content (AvgIpc) is 2.58. The summed E-state index contributed by atoms with van der Waals surface area (Å²) in [7, 11) is 0.